The number of aryl methyl sites for hydroxylation is 1. The van der Waals surface area contributed by atoms with Crippen molar-refractivity contribution < 1.29 is 18.3 Å². The first-order valence-electron chi connectivity index (χ1n) is 4.99. The van der Waals surface area contributed by atoms with Crippen molar-refractivity contribution in [2.24, 2.45) is 0 Å². The van der Waals surface area contributed by atoms with Crippen molar-refractivity contribution in [2.45, 2.75) is 13.0 Å². The van der Waals surface area contributed by atoms with E-state index in [0.717, 1.165) is 9.87 Å². The Morgan fingerprint density at radius 3 is 2.76 bits per heavy atom. The lowest BCUT2D eigenvalue weighted by Gasteiger charge is -2.15. The molecule has 1 heterocycles. The van der Waals surface area contributed by atoms with E-state index in [1.807, 2.05) is 13.0 Å². The second kappa shape index (κ2) is 4.01. The van der Waals surface area contributed by atoms with Crippen LogP contribution < -0.4 is 9.03 Å². The molecule has 0 bridgehead atoms. The molecule has 1 unspecified atom stereocenters. The molecule has 2 rings (SSSR count). The van der Waals surface area contributed by atoms with Crippen molar-refractivity contribution in [1.29, 1.82) is 0 Å². The molecule has 1 atom stereocenters. The third kappa shape index (κ3) is 2.25. The summed E-state index contributed by atoms with van der Waals surface area (Å²) in [7, 11) is -3.75. The summed E-state index contributed by atoms with van der Waals surface area (Å²) in [5.41, 5.74) is 1.39. The molecule has 0 radical (unpaired) electrons. The topological polar surface area (TPSA) is 86.7 Å². The van der Waals surface area contributed by atoms with Crippen LogP contribution >= 0.6 is 0 Å². The average Bonchev–Trinajstić information content (AvgIpc) is 2.54. The average molecular weight is 256 g/mol. The molecule has 0 spiro atoms. The van der Waals surface area contributed by atoms with E-state index in [4.69, 9.17) is 5.11 Å². The third-order valence-electron chi connectivity index (χ3n) is 2.52. The maximum Gasteiger partial charge on any atom is 0.323 e. The minimum absolute atomic E-state index is 0.0961. The summed E-state index contributed by atoms with van der Waals surface area (Å²) < 4.78 is 26.6. The number of anilines is 1. The molecule has 1 fully saturated rings. The van der Waals surface area contributed by atoms with Gasteiger partial charge in [-0.25, -0.2) is 0 Å². The molecule has 0 saturated carbocycles. The van der Waals surface area contributed by atoms with Crippen molar-refractivity contribution in [2.75, 3.05) is 10.8 Å². The minimum Gasteiger partial charge on any atom is -0.480 e. The van der Waals surface area contributed by atoms with E-state index >= 15 is 0 Å². The van der Waals surface area contributed by atoms with Crippen molar-refractivity contribution in [3.63, 3.8) is 0 Å². The van der Waals surface area contributed by atoms with Gasteiger partial charge in [0.15, 0.2) is 0 Å². The molecular formula is C10H12N2O4S. The molecule has 0 amide bonds. The van der Waals surface area contributed by atoms with E-state index in [2.05, 4.69) is 4.72 Å². The Hall–Kier alpha value is -1.60. The number of aliphatic carboxylic acids is 1. The van der Waals surface area contributed by atoms with Crippen molar-refractivity contribution in [3.05, 3.63) is 29.8 Å². The van der Waals surface area contributed by atoms with E-state index in [0.29, 0.717) is 5.69 Å². The predicted octanol–water partition coefficient (Wildman–Crippen LogP) is 0.103. The van der Waals surface area contributed by atoms with Crippen LogP contribution in [0, 0.1) is 6.92 Å². The minimum atomic E-state index is -3.75. The highest BCUT2D eigenvalue weighted by molar-refractivity contribution is 7.91. The smallest absolute Gasteiger partial charge is 0.323 e. The fourth-order valence-electron chi connectivity index (χ4n) is 1.70. The van der Waals surface area contributed by atoms with Gasteiger partial charge in [-0.05, 0) is 24.6 Å². The Labute approximate surface area is 99.0 Å². The molecule has 7 heteroatoms. The summed E-state index contributed by atoms with van der Waals surface area (Å²) in [4.78, 5) is 10.8. The van der Waals surface area contributed by atoms with Crippen molar-refractivity contribution >= 4 is 21.9 Å². The molecule has 92 valence electrons. The van der Waals surface area contributed by atoms with Gasteiger partial charge in [0.1, 0.15) is 6.04 Å². The number of rotatable bonds is 2. The summed E-state index contributed by atoms with van der Waals surface area (Å²) in [5.74, 6) is -1.18. The Morgan fingerprint density at radius 1 is 1.53 bits per heavy atom. The highest BCUT2D eigenvalue weighted by atomic mass is 32.2. The zero-order valence-electron chi connectivity index (χ0n) is 9.12. The number of carbonyl (C=O) groups is 1. The number of nitrogens with zero attached hydrogens (tertiary/aromatic N) is 1. The van der Waals surface area contributed by atoms with Gasteiger partial charge in [-0.3, -0.25) is 9.10 Å². The molecule has 2 N–H and O–H groups in total. The molecular weight excluding hydrogens is 244 g/mol. The monoisotopic (exact) mass is 256 g/mol. The largest absolute Gasteiger partial charge is 0.480 e. The van der Waals surface area contributed by atoms with Gasteiger partial charge < -0.3 is 5.11 Å². The number of carboxylic acid groups (broad SMARTS) is 1. The van der Waals surface area contributed by atoms with Crippen LogP contribution in [-0.2, 0) is 15.0 Å². The predicted molar refractivity (Wildman–Crippen MR) is 62.0 cm³/mol. The lowest BCUT2D eigenvalue weighted by molar-refractivity contribution is -0.138. The van der Waals surface area contributed by atoms with Crippen LogP contribution in [0.4, 0.5) is 5.69 Å². The van der Waals surface area contributed by atoms with Crippen LogP contribution in [0.3, 0.4) is 0 Å². The van der Waals surface area contributed by atoms with Crippen LogP contribution in [0.25, 0.3) is 0 Å². The summed E-state index contributed by atoms with van der Waals surface area (Å²) >= 11 is 0. The second-order valence-corrected chi connectivity index (χ2v) is 5.51. The standard InChI is InChI=1S/C10H12N2O4S/c1-7-3-2-4-8(5-7)12-6-9(10(13)14)11-17(12,15)16/h2-5,9,11H,6H2,1H3,(H,13,14). The van der Waals surface area contributed by atoms with Crippen LogP contribution in [0.5, 0.6) is 0 Å². The maximum absolute atomic E-state index is 11.7. The van der Waals surface area contributed by atoms with Gasteiger partial charge in [-0.2, -0.15) is 13.1 Å². The van der Waals surface area contributed by atoms with Crippen LogP contribution in [0.1, 0.15) is 5.56 Å². The Morgan fingerprint density at radius 2 is 2.24 bits per heavy atom. The van der Waals surface area contributed by atoms with Gasteiger partial charge in [0.2, 0.25) is 0 Å². The van der Waals surface area contributed by atoms with E-state index in [1.165, 1.54) is 0 Å². The number of hydrogen-bond acceptors (Lipinski definition) is 3. The second-order valence-electron chi connectivity index (χ2n) is 3.88. The lowest BCUT2D eigenvalue weighted by atomic mass is 10.2. The van der Waals surface area contributed by atoms with Crippen LogP contribution in [-0.4, -0.2) is 32.1 Å². The molecule has 17 heavy (non-hydrogen) atoms. The lowest BCUT2D eigenvalue weighted by Crippen LogP contribution is -2.34. The third-order valence-corrected chi connectivity index (χ3v) is 4.04. The zero-order valence-corrected chi connectivity index (χ0v) is 9.94. The molecule has 1 aromatic rings. The number of carboxylic acids is 1. The Kier molecular flexibility index (Phi) is 2.80. The number of benzene rings is 1. The number of nitrogens with one attached hydrogen (secondary N) is 1. The Balaban J connectivity index is 2.37. The quantitative estimate of drug-likeness (QED) is 0.786. The van der Waals surface area contributed by atoms with Crippen molar-refractivity contribution in [1.82, 2.24) is 4.72 Å². The van der Waals surface area contributed by atoms with E-state index in [-0.39, 0.29) is 6.54 Å². The first kappa shape index (κ1) is 11.9. The highest BCUT2D eigenvalue weighted by Crippen LogP contribution is 2.22. The summed E-state index contributed by atoms with van der Waals surface area (Å²) in [5, 5.41) is 8.81. The molecule has 1 saturated heterocycles. The first-order valence-corrected chi connectivity index (χ1v) is 6.43. The van der Waals surface area contributed by atoms with Crippen molar-refractivity contribution in [3.8, 4) is 0 Å². The molecule has 6 nitrogen and oxygen atoms in total. The van der Waals surface area contributed by atoms with Gasteiger partial charge in [0.05, 0.1) is 12.2 Å². The fraction of sp³-hybridized carbons (Fsp3) is 0.300. The van der Waals surface area contributed by atoms with Crippen LogP contribution in [0.2, 0.25) is 0 Å². The van der Waals surface area contributed by atoms with Crippen LogP contribution in [0.15, 0.2) is 24.3 Å². The van der Waals surface area contributed by atoms with Gasteiger partial charge in [0.25, 0.3) is 0 Å². The van der Waals surface area contributed by atoms with Gasteiger partial charge >= 0.3 is 16.2 Å². The van der Waals surface area contributed by atoms with E-state index < -0.39 is 22.2 Å². The maximum atomic E-state index is 11.7. The molecule has 0 aromatic heterocycles. The van der Waals surface area contributed by atoms with E-state index in [9.17, 15) is 13.2 Å². The van der Waals surface area contributed by atoms with Gasteiger partial charge in [-0.1, -0.05) is 12.1 Å². The molecule has 0 aliphatic carbocycles. The van der Waals surface area contributed by atoms with Gasteiger partial charge in [-0.15, -0.1) is 0 Å². The van der Waals surface area contributed by atoms with Gasteiger partial charge in [0, 0.05) is 0 Å². The highest BCUT2D eigenvalue weighted by Gasteiger charge is 2.39. The molecule has 1 aliphatic heterocycles. The molecule has 1 aliphatic rings. The number of hydrogen-bond donors (Lipinski definition) is 2. The summed E-state index contributed by atoms with van der Waals surface area (Å²) in [6, 6.07) is 5.81. The normalized spacial score (nSPS) is 22.6. The van der Waals surface area contributed by atoms with E-state index in [1.54, 1.807) is 18.2 Å². The first-order chi connectivity index (χ1) is 7.90. The molecule has 1 aromatic carbocycles. The summed E-state index contributed by atoms with van der Waals surface area (Å²) in [6.07, 6.45) is 0. The fourth-order valence-corrected chi connectivity index (χ4v) is 3.10. The SMILES string of the molecule is Cc1cccc(N2CC(C(=O)O)NS2(=O)=O)c1. The summed E-state index contributed by atoms with van der Waals surface area (Å²) in [6.45, 7) is 1.75. The zero-order chi connectivity index (χ0) is 12.6. The Bertz CT molecular complexity index is 555.